The molecule has 3 aromatic heterocycles. The molecule has 0 unspecified atom stereocenters. The predicted molar refractivity (Wildman–Crippen MR) is 103 cm³/mol. The van der Waals surface area contributed by atoms with Gasteiger partial charge in [0.1, 0.15) is 16.5 Å². The minimum atomic E-state index is -0.284. The number of hydrogen-bond acceptors (Lipinski definition) is 7. The molecule has 4 aromatic rings. The zero-order valence-electron chi connectivity index (χ0n) is 14.1. The van der Waals surface area contributed by atoms with Gasteiger partial charge in [-0.3, -0.25) is 0 Å². The van der Waals surface area contributed by atoms with Crippen LogP contribution in [0.3, 0.4) is 0 Å². The molecular weight excluding hydrogens is 371 g/mol. The molecule has 0 saturated carbocycles. The number of thiophene rings is 1. The van der Waals surface area contributed by atoms with Gasteiger partial charge in [0.2, 0.25) is 5.89 Å². The number of benzene rings is 1. The maximum Gasteiger partial charge on any atom is 0.205 e. The number of halogens is 1. The third-order valence-corrected chi connectivity index (χ3v) is 5.98. The quantitative estimate of drug-likeness (QED) is 0.394. The summed E-state index contributed by atoms with van der Waals surface area (Å²) in [6.07, 6.45) is 1.63. The number of aromatic nitrogens is 3. The fraction of sp³-hybridized carbons (Fsp3) is 0.167. The molecular formula is C18H15FN4OS2. The number of nitrogens with two attached hydrogens (primary N) is 1. The van der Waals surface area contributed by atoms with Crippen molar-refractivity contribution in [3.05, 3.63) is 52.6 Å². The molecule has 8 heteroatoms. The van der Waals surface area contributed by atoms with Gasteiger partial charge in [-0.05, 0) is 43.7 Å². The van der Waals surface area contributed by atoms with Gasteiger partial charge in [0.05, 0.1) is 17.3 Å². The number of anilines is 1. The van der Waals surface area contributed by atoms with Crippen LogP contribution in [0.25, 0.3) is 21.5 Å². The Balaban J connectivity index is 1.52. The second-order valence-corrected chi connectivity index (χ2v) is 7.91. The Morgan fingerprint density at radius 1 is 1.19 bits per heavy atom. The lowest BCUT2D eigenvalue weighted by Crippen LogP contribution is -1.96. The number of nitrogen functional groups attached to an aromatic ring is 1. The van der Waals surface area contributed by atoms with Gasteiger partial charge in [0.25, 0.3) is 0 Å². The minimum absolute atomic E-state index is 0.284. The molecule has 4 rings (SSSR count). The highest BCUT2D eigenvalue weighted by Gasteiger charge is 2.14. The van der Waals surface area contributed by atoms with Gasteiger partial charge in [-0.15, -0.1) is 11.3 Å². The number of aryl methyl sites for hydroxylation is 2. The number of rotatable bonds is 4. The summed E-state index contributed by atoms with van der Waals surface area (Å²) in [6, 6.07) is 6.10. The Bertz CT molecular complexity index is 1090. The minimum Gasteiger partial charge on any atom is -0.440 e. The van der Waals surface area contributed by atoms with Crippen LogP contribution in [0.15, 0.2) is 40.0 Å². The van der Waals surface area contributed by atoms with Crippen LogP contribution in [0.5, 0.6) is 0 Å². The van der Waals surface area contributed by atoms with Crippen LogP contribution in [0.2, 0.25) is 0 Å². The number of nitrogens with zero attached hydrogens (tertiary/aromatic N) is 3. The van der Waals surface area contributed by atoms with Crippen LogP contribution in [-0.2, 0) is 5.75 Å². The first-order chi connectivity index (χ1) is 12.5. The van der Waals surface area contributed by atoms with Crippen LogP contribution in [-0.4, -0.2) is 15.0 Å². The van der Waals surface area contributed by atoms with Gasteiger partial charge >= 0.3 is 0 Å². The molecule has 0 spiro atoms. The first-order valence-corrected chi connectivity index (χ1v) is 9.68. The Morgan fingerprint density at radius 2 is 1.96 bits per heavy atom. The van der Waals surface area contributed by atoms with E-state index in [1.165, 1.54) is 28.8 Å². The standard InChI is InChI=1S/C18H15FN4OS2/c1-9-10(2)26-17-15(9)16(20)22-18(23-17)25-8-14-21-7-13(24-14)11-3-5-12(19)6-4-11/h3-7H,8H2,1-2H3,(H2,20,22,23). The van der Waals surface area contributed by atoms with E-state index in [1.54, 1.807) is 29.7 Å². The van der Waals surface area contributed by atoms with Gasteiger partial charge in [-0.1, -0.05) is 11.8 Å². The monoisotopic (exact) mass is 386 g/mol. The fourth-order valence-electron chi connectivity index (χ4n) is 2.58. The molecule has 0 fully saturated rings. The first kappa shape index (κ1) is 17.0. The topological polar surface area (TPSA) is 77.8 Å². The van der Waals surface area contributed by atoms with E-state index in [9.17, 15) is 4.39 Å². The third-order valence-electron chi connectivity index (χ3n) is 4.04. The molecule has 0 amide bonds. The van der Waals surface area contributed by atoms with E-state index in [1.807, 2.05) is 6.92 Å². The molecule has 3 heterocycles. The van der Waals surface area contributed by atoms with Crippen molar-refractivity contribution in [2.24, 2.45) is 0 Å². The van der Waals surface area contributed by atoms with E-state index in [0.29, 0.717) is 28.4 Å². The molecule has 26 heavy (non-hydrogen) atoms. The van der Waals surface area contributed by atoms with E-state index in [0.717, 1.165) is 21.3 Å². The van der Waals surface area contributed by atoms with Crippen molar-refractivity contribution in [1.82, 2.24) is 15.0 Å². The van der Waals surface area contributed by atoms with Crippen LogP contribution < -0.4 is 5.73 Å². The smallest absolute Gasteiger partial charge is 0.205 e. The van der Waals surface area contributed by atoms with Crippen molar-refractivity contribution in [3.8, 4) is 11.3 Å². The number of fused-ring (bicyclic) bond motifs is 1. The van der Waals surface area contributed by atoms with E-state index < -0.39 is 0 Å². The molecule has 0 bridgehead atoms. The van der Waals surface area contributed by atoms with Gasteiger partial charge in [0, 0.05) is 10.4 Å². The normalized spacial score (nSPS) is 11.3. The lowest BCUT2D eigenvalue weighted by molar-refractivity contribution is 0.529. The Kier molecular flexibility index (Phi) is 4.37. The summed E-state index contributed by atoms with van der Waals surface area (Å²) in [5, 5.41) is 1.53. The molecule has 0 aliphatic rings. The molecule has 0 saturated heterocycles. The molecule has 0 aliphatic heterocycles. The molecule has 0 atom stereocenters. The van der Waals surface area contributed by atoms with Gasteiger partial charge in [-0.2, -0.15) is 0 Å². The van der Waals surface area contributed by atoms with Crippen molar-refractivity contribution < 1.29 is 8.81 Å². The molecule has 0 radical (unpaired) electrons. The van der Waals surface area contributed by atoms with Crippen LogP contribution >= 0.6 is 23.1 Å². The average molecular weight is 386 g/mol. The van der Waals surface area contributed by atoms with Gasteiger partial charge in [-0.25, -0.2) is 19.3 Å². The molecule has 2 N–H and O–H groups in total. The predicted octanol–water partition coefficient (Wildman–Crippen LogP) is 4.98. The zero-order valence-corrected chi connectivity index (χ0v) is 15.7. The number of oxazole rings is 1. The third kappa shape index (κ3) is 3.17. The number of hydrogen-bond donors (Lipinski definition) is 1. The Labute approximate surface area is 157 Å². The largest absolute Gasteiger partial charge is 0.440 e. The highest BCUT2D eigenvalue weighted by Crippen LogP contribution is 2.34. The Morgan fingerprint density at radius 3 is 2.73 bits per heavy atom. The first-order valence-electron chi connectivity index (χ1n) is 7.88. The van der Waals surface area contributed by atoms with E-state index in [2.05, 4.69) is 21.9 Å². The maximum absolute atomic E-state index is 13.0. The van der Waals surface area contributed by atoms with Crippen molar-refractivity contribution in [1.29, 1.82) is 0 Å². The summed E-state index contributed by atoms with van der Waals surface area (Å²) in [7, 11) is 0. The van der Waals surface area contributed by atoms with Crippen molar-refractivity contribution in [2.75, 3.05) is 5.73 Å². The highest BCUT2D eigenvalue weighted by atomic mass is 32.2. The lowest BCUT2D eigenvalue weighted by Gasteiger charge is -2.02. The highest BCUT2D eigenvalue weighted by molar-refractivity contribution is 7.98. The van der Waals surface area contributed by atoms with Crippen molar-refractivity contribution >= 4 is 39.1 Å². The number of thioether (sulfide) groups is 1. The molecule has 0 aliphatic carbocycles. The van der Waals surface area contributed by atoms with E-state index in [4.69, 9.17) is 10.2 Å². The second-order valence-electron chi connectivity index (χ2n) is 5.77. The van der Waals surface area contributed by atoms with Gasteiger partial charge < -0.3 is 10.2 Å². The lowest BCUT2D eigenvalue weighted by atomic mass is 10.2. The fourth-order valence-corrected chi connectivity index (χ4v) is 4.38. The van der Waals surface area contributed by atoms with Gasteiger partial charge in [0.15, 0.2) is 10.9 Å². The van der Waals surface area contributed by atoms with Crippen molar-refractivity contribution in [2.45, 2.75) is 24.8 Å². The summed E-state index contributed by atoms with van der Waals surface area (Å²) < 4.78 is 18.7. The van der Waals surface area contributed by atoms with Crippen molar-refractivity contribution in [3.63, 3.8) is 0 Å². The molecule has 132 valence electrons. The maximum atomic E-state index is 13.0. The summed E-state index contributed by atoms with van der Waals surface area (Å²) >= 11 is 3.03. The van der Waals surface area contributed by atoms with E-state index in [-0.39, 0.29) is 5.82 Å². The second kappa shape index (κ2) is 6.69. The average Bonchev–Trinajstić information content (AvgIpc) is 3.19. The summed E-state index contributed by atoms with van der Waals surface area (Å²) in [6.45, 7) is 4.09. The van der Waals surface area contributed by atoms with Crippen LogP contribution in [0.4, 0.5) is 10.2 Å². The van der Waals surface area contributed by atoms with E-state index >= 15 is 0 Å². The van der Waals surface area contributed by atoms with Crippen LogP contribution in [0, 0.1) is 19.7 Å². The Hall–Kier alpha value is -2.45. The zero-order chi connectivity index (χ0) is 18.3. The van der Waals surface area contributed by atoms with Crippen LogP contribution in [0.1, 0.15) is 16.3 Å². The molecule has 5 nitrogen and oxygen atoms in total. The summed E-state index contributed by atoms with van der Waals surface area (Å²) in [5.41, 5.74) is 8.02. The molecule has 1 aromatic carbocycles. The SMILES string of the molecule is Cc1sc2nc(SCc3ncc(-c4ccc(F)cc4)o3)nc(N)c2c1C. The summed E-state index contributed by atoms with van der Waals surface area (Å²) in [5.74, 6) is 1.85. The summed E-state index contributed by atoms with van der Waals surface area (Å²) in [4.78, 5) is 15.3.